The topological polar surface area (TPSA) is 32.3 Å². The summed E-state index contributed by atoms with van der Waals surface area (Å²) in [5.41, 5.74) is 1.39. The molecule has 0 aromatic heterocycles. The van der Waals surface area contributed by atoms with E-state index in [2.05, 4.69) is 35.6 Å². The number of benzene rings is 1. The summed E-state index contributed by atoms with van der Waals surface area (Å²) in [6.07, 6.45) is 8.28. The van der Waals surface area contributed by atoms with Crippen molar-refractivity contribution >= 4 is 0 Å². The summed E-state index contributed by atoms with van der Waals surface area (Å²) in [6, 6.07) is 11.5. The largest absolute Gasteiger partial charge is 0.392 e. The lowest BCUT2D eigenvalue weighted by Crippen LogP contribution is -2.41. The fourth-order valence-electron chi connectivity index (χ4n) is 3.31. The summed E-state index contributed by atoms with van der Waals surface area (Å²) in [4.78, 5) is 0. The van der Waals surface area contributed by atoms with Crippen molar-refractivity contribution in [3.05, 3.63) is 35.9 Å². The fraction of sp³-hybridized carbons (Fsp3) is 0.647. The summed E-state index contributed by atoms with van der Waals surface area (Å²) < 4.78 is 0. The Morgan fingerprint density at radius 1 is 0.947 bits per heavy atom. The third kappa shape index (κ3) is 3.37. The van der Waals surface area contributed by atoms with E-state index in [0.717, 1.165) is 18.8 Å². The predicted molar refractivity (Wildman–Crippen MR) is 77.9 cm³/mol. The zero-order valence-electron chi connectivity index (χ0n) is 11.6. The van der Waals surface area contributed by atoms with Crippen molar-refractivity contribution < 1.29 is 5.11 Å². The van der Waals surface area contributed by atoms with Crippen LogP contribution in [0, 0.1) is 5.92 Å². The van der Waals surface area contributed by atoms with Gasteiger partial charge in [-0.05, 0) is 37.2 Å². The molecule has 0 saturated heterocycles. The highest BCUT2D eigenvalue weighted by Gasteiger charge is 2.35. The average Bonchev–Trinajstić information content (AvgIpc) is 3.26. The molecule has 2 fully saturated rings. The fourth-order valence-corrected chi connectivity index (χ4v) is 3.31. The van der Waals surface area contributed by atoms with Crippen molar-refractivity contribution in [3.63, 3.8) is 0 Å². The lowest BCUT2D eigenvalue weighted by Gasteiger charge is -2.28. The van der Waals surface area contributed by atoms with Gasteiger partial charge in [0.2, 0.25) is 0 Å². The number of aliphatic hydroxyl groups excluding tert-OH is 1. The van der Waals surface area contributed by atoms with Crippen molar-refractivity contribution in [3.8, 4) is 0 Å². The van der Waals surface area contributed by atoms with Gasteiger partial charge in [0, 0.05) is 12.1 Å². The Morgan fingerprint density at radius 3 is 2.42 bits per heavy atom. The number of nitrogens with one attached hydrogen (secondary N) is 1. The number of rotatable bonds is 4. The molecule has 3 unspecified atom stereocenters. The van der Waals surface area contributed by atoms with Crippen molar-refractivity contribution in [2.45, 2.75) is 63.1 Å². The quantitative estimate of drug-likeness (QED) is 0.812. The maximum absolute atomic E-state index is 10.3. The first kappa shape index (κ1) is 13.1. The maximum Gasteiger partial charge on any atom is 0.0693 e. The third-order valence-corrected chi connectivity index (χ3v) is 4.63. The van der Waals surface area contributed by atoms with Gasteiger partial charge in [-0.1, -0.05) is 49.6 Å². The van der Waals surface area contributed by atoms with Gasteiger partial charge in [0.05, 0.1) is 6.10 Å². The zero-order chi connectivity index (χ0) is 13.1. The van der Waals surface area contributed by atoms with Gasteiger partial charge in [-0.2, -0.15) is 0 Å². The molecular formula is C17H25NO. The van der Waals surface area contributed by atoms with Crippen LogP contribution >= 0.6 is 0 Å². The predicted octanol–water partition coefficient (Wildman–Crippen LogP) is 3.42. The van der Waals surface area contributed by atoms with Crippen LogP contribution in [-0.4, -0.2) is 17.3 Å². The van der Waals surface area contributed by atoms with Crippen LogP contribution < -0.4 is 5.32 Å². The highest BCUT2D eigenvalue weighted by Crippen LogP contribution is 2.41. The van der Waals surface area contributed by atoms with Crippen molar-refractivity contribution in [1.82, 2.24) is 5.32 Å². The molecule has 1 aromatic rings. The highest BCUT2D eigenvalue weighted by atomic mass is 16.3. The van der Waals surface area contributed by atoms with E-state index in [0.29, 0.717) is 6.04 Å². The summed E-state index contributed by atoms with van der Waals surface area (Å²) >= 11 is 0. The molecule has 2 heteroatoms. The molecule has 19 heavy (non-hydrogen) atoms. The molecule has 0 radical (unpaired) electrons. The van der Waals surface area contributed by atoms with Crippen LogP contribution in [-0.2, 0) is 0 Å². The second-order valence-corrected chi connectivity index (χ2v) is 6.20. The summed E-state index contributed by atoms with van der Waals surface area (Å²) in [7, 11) is 0. The molecule has 0 heterocycles. The van der Waals surface area contributed by atoms with Crippen LogP contribution in [0.15, 0.2) is 30.3 Å². The van der Waals surface area contributed by atoms with Gasteiger partial charge < -0.3 is 10.4 Å². The lowest BCUT2D eigenvalue weighted by molar-refractivity contribution is 0.111. The number of hydrogen-bond acceptors (Lipinski definition) is 2. The second kappa shape index (κ2) is 6.06. The van der Waals surface area contributed by atoms with E-state index in [1.54, 1.807) is 0 Å². The number of aliphatic hydroxyl groups is 1. The Bertz CT molecular complexity index is 388. The van der Waals surface area contributed by atoms with E-state index in [9.17, 15) is 5.11 Å². The molecule has 0 amide bonds. The molecule has 1 aromatic carbocycles. The van der Waals surface area contributed by atoms with Crippen LogP contribution in [0.25, 0.3) is 0 Å². The Morgan fingerprint density at radius 2 is 1.68 bits per heavy atom. The normalized spacial score (nSPS) is 29.7. The molecule has 2 aliphatic carbocycles. The van der Waals surface area contributed by atoms with Crippen molar-refractivity contribution in [2.24, 2.45) is 5.92 Å². The molecular weight excluding hydrogens is 234 g/mol. The van der Waals surface area contributed by atoms with Gasteiger partial charge in [0.15, 0.2) is 0 Å². The second-order valence-electron chi connectivity index (χ2n) is 6.20. The van der Waals surface area contributed by atoms with E-state index in [1.165, 1.54) is 37.7 Å². The lowest BCUT2D eigenvalue weighted by atomic mass is 9.98. The van der Waals surface area contributed by atoms with Crippen LogP contribution in [0.1, 0.15) is 56.6 Å². The van der Waals surface area contributed by atoms with E-state index < -0.39 is 0 Å². The van der Waals surface area contributed by atoms with Crippen LogP contribution in [0.5, 0.6) is 0 Å². The monoisotopic (exact) mass is 259 g/mol. The first-order valence-electron chi connectivity index (χ1n) is 7.83. The average molecular weight is 259 g/mol. The minimum atomic E-state index is -0.160. The molecule has 0 bridgehead atoms. The van der Waals surface area contributed by atoms with Gasteiger partial charge in [-0.15, -0.1) is 0 Å². The Kier molecular flexibility index (Phi) is 4.19. The van der Waals surface area contributed by atoms with E-state index >= 15 is 0 Å². The molecule has 2 saturated carbocycles. The summed E-state index contributed by atoms with van der Waals surface area (Å²) in [5, 5.41) is 14.1. The Hall–Kier alpha value is -0.860. The van der Waals surface area contributed by atoms with Crippen LogP contribution in [0.4, 0.5) is 0 Å². The molecule has 2 nitrogen and oxygen atoms in total. The van der Waals surface area contributed by atoms with Gasteiger partial charge in [-0.25, -0.2) is 0 Å². The molecule has 3 rings (SSSR count). The minimum Gasteiger partial charge on any atom is -0.392 e. The zero-order valence-corrected chi connectivity index (χ0v) is 11.6. The summed E-state index contributed by atoms with van der Waals surface area (Å²) in [5.74, 6) is 0.776. The first-order valence-corrected chi connectivity index (χ1v) is 7.83. The smallest absolute Gasteiger partial charge is 0.0693 e. The van der Waals surface area contributed by atoms with Gasteiger partial charge in [0.25, 0.3) is 0 Å². The minimum absolute atomic E-state index is 0.160. The van der Waals surface area contributed by atoms with Gasteiger partial charge in [0.1, 0.15) is 0 Å². The van der Waals surface area contributed by atoms with Crippen molar-refractivity contribution in [1.29, 1.82) is 0 Å². The standard InChI is InChI=1S/C17H25NO/c19-16-10-6-2-5-9-15(16)18-17(14-11-12-14)13-7-3-1-4-8-13/h1,3-4,7-8,14-19H,2,5-6,9-12H2. The highest BCUT2D eigenvalue weighted by molar-refractivity contribution is 5.21. The molecule has 0 spiro atoms. The third-order valence-electron chi connectivity index (χ3n) is 4.63. The SMILES string of the molecule is OC1CCCCCC1NC(c1ccccc1)C1CC1. The van der Waals surface area contributed by atoms with E-state index in [4.69, 9.17) is 0 Å². The molecule has 3 atom stereocenters. The van der Waals surface area contributed by atoms with Crippen LogP contribution in [0.2, 0.25) is 0 Å². The van der Waals surface area contributed by atoms with Crippen molar-refractivity contribution in [2.75, 3.05) is 0 Å². The first-order chi connectivity index (χ1) is 9.34. The Labute approximate surface area is 116 Å². The molecule has 2 aliphatic rings. The van der Waals surface area contributed by atoms with Gasteiger partial charge in [-0.3, -0.25) is 0 Å². The van der Waals surface area contributed by atoms with Gasteiger partial charge >= 0.3 is 0 Å². The van der Waals surface area contributed by atoms with Crippen LogP contribution in [0.3, 0.4) is 0 Å². The van der Waals surface area contributed by atoms with E-state index in [1.807, 2.05) is 0 Å². The summed E-state index contributed by atoms with van der Waals surface area (Å²) in [6.45, 7) is 0. The molecule has 104 valence electrons. The Balaban J connectivity index is 1.70. The maximum atomic E-state index is 10.3. The molecule has 0 aliphatic heterocycles. The van der Waals surface area contributed by atoms with E-state index in [-0.39, 0.29) is 12.1 Å². The number of hydrogen-bond donors (Lipinski definition) is 2. The molecule has 2 N–H and O–H groups in total.